The van der Waals surface area contributed by atoms with Gasteiger partial charge in [0, 0.05) is 10.0 Å². The summed E-state index contributed by atoms with van der Waals surface area (Å²) in [7, 11) is 1.50. The van der Waals surface area contributed by atoms with Gasteiger partial charge in [0.25, 0.3) is 0 Å². The zero-order valence-electron chi connectivity index (χ0n) is 12.6. The van der Waals surface area contributed by atoms with Gasteiger partial charge >= 0.3 is 0 Å². The Kier molecular flexibility index (Phi) is 1.91. The number of hydrogen-bond donors (Lipinski definition) is 1. The van der Waals surface area contributed by atoms with Crippen molar-refractivity contribution in [2.45, 2.75) is 31.2 Å². The lowest BCUT2D eigenvalue weighted by molar-refractivity contribution is -0.0337. The first-order valence-corrected chi connectivity index (χ1v) is 6.21. The molecule has 2 aromatic heterocycles. The average molecular weight is 316 g/mol. The molecular formula is C11H13BrN4O2. The predicted octanol–water partition coefficient (Wildman–Crippen LogP) is 1.52. The molecular weight excluding hydrogens is 300 g/mol. The summed E-state index contributed by atoms with van der Waals surface area (Å²) in [5.41, 5.74) is -1.06. The summed E-state index contributed by atoms with van der Waals surface area (Å²) in [5.74, 6) is 0.793. The highest BCUT2D eigenvalue weighted by Gasteiger charge is 2.42. The zero-order chi connectivity index (χ0) is 15.4. The molecule has 1 aliphatic carbocycles. The van der Waals surface area contributed by atoms with Crippen LogP contribution in [0.15, 0.2) is 10.9 Å². The van der Waals surface area contributed by atoms with Crippen molar-refractivity contribution < 1.29 is 14.0 Å². The highest BCUT2D eigenvalue weighted by atomic mass is 79.9. The largest absolute Gasteiger partial charge is 0.479 e. The van der Waals surface area contributed by atoms with Crippen LogP contribution in [-0.2, 0) is 0 Å². The Morgan fingerprint density at radius 1 is 1.67 bits per heavy atom. The molecule has 2 heterocycles. The highest BCUT2D eigenvalue weighted by Crippen LogP contribution is 2.44. The molecule has 2 aromatic rings. The number of methoxy groups -OCH3 is 1. The maximum absolute atomic E-state index is 10.1. The van der Waals surface area contributed by atoms with Crippen LogP contribution in [0.4, 0.5) is 0 Å². The molecule has 7 heteroatoms. The van der Waals surface area contributed by atoms with Crippen LogP contribution in [0.1, 0.15) is 35.5 Å². The molecule has 0 bridgehead atoms. The minimum atomic E-state index is -2.39. The molecule has 0 aliphatic heterocycles. The Bertz CT molecular complexity index is 697. The SMILES string of the molecule is [2H]C([2H])([2H])C1(O)CC(c2nc(Br)c3c(OC)ncnn23)C1. The van der Waals surface area contributed by atoms with Crippen LogP contribution in [0.3, 0.4) is 0 Å². The summed E-state index contributed by atoms with van der Waals surface area (Å²) in [6, 6.07) is 0. The van der Waals surface area contributed by atoms with E-state index in [9.17, 15) is 5.11 Å². The normalized spacial score (nSPS) is 30.4. The zero-order valence-corrected chi connectivity index (χ0v) is 11.2. The van der Waals surface area contributed by atoms with Gasteiger partial charge in [0.15, 0.2) is 5.52 Å². The standard InChI is InChI=1S/C11H13BrN4O2/c1-11(17)3-6(4-11)9-15-8(12)7-10(18-2)13-5-14-16(7)9/h5-6,17H,3-4H2,1-2H3/i1D3. The Morgan fingerprint density at radius 3 is 3.11 bits per heavy atom. The molecule has 1 fully saturated rings. The third-order valence-electron chi connectivity index (χ3n) is 3.11. The summed E-state index contributed by atoms with van der Waals surface area (Å²) in [5, 5.41) is 14.2. The third kappa shape index (κ3) is 1.69. The van der Waals surface area contributed by atoms with Crippen LogP contribution in [0.2, 0.25) is 0 Å². The summed E-state index contributed by atoms with van der Waals surface area (Å²) in [6.45, 7) is -2.39. The monoisotopic (exact) mass is 315 g/mol. The van der Waals surface area contributed by atoms with E-state index in [0.29, 0.717) is 21.8 Å². The Labute approximate surface area is 116 Å². The fourth-order valence-corrected chi connectivity index (χ4v) is 2.76. The predicted molar refractivity (Wildman–Crippen MR) is 67.6 cm³/mol. The Balaban J connectivity index is 1.98. The third-order valence-corrected chi connectivity index (χ3v) is 3.66. The van der Waals surface area contributed by atoms with Crippen LogP contribution in [0, 0.1) is 0 Å². The first-order valence-electron chi connectivity index (χ1n) is 6.92. The van der Waals surface area contributed by atoms with Gasteiger partial charge < -0.3 is 9.84 Å². The second-order valence-electron chi connectivity index (χ2n) is 4.43. The molecule has 0 saturated heterocycles. The molecule has 18 heavy (non-hydrogen) atoms. The van der Waals surface area contributed by atoms with Crippen molar-refractivity contribution in [3.05, 3.63) is 16.8 Å². The second kappa shape index (κ2) is 3.89. The maximum atomic E-state index is 10.1. The van der Waals surface area contributed by atoms with Crippen molar-refractivity contribution in [3.63, 3.8) is 0 Å². The van der Waals surface area contributed by atoms with Crippen molar-refractivity contribution in [2.24, 2.45) is 0 Å². The van der Waals surface area contributed by atoms with E-state index in [1.807, 2.05) is 0 Å². The molecule has 0 spiro atoms. The van der Waals surface area contributed by atoms with Gasteiger partial charge in [-0.05, 0) is 35.6 Å². The van der Waals surface area contributed by atoms with Crippen LogP contribution in [0.5, 0.6) is 5.88 Å². The quantitative estimate of drug-likeness (QED) is 0.909. The number of ether oxygens (including phenoxy) is 1. The Hall–Kier alpha value is -1.21. The number of nitrogens with zero attached hydrogens (tertiary/aromatic N) is 4. The molecule has 0 unspecified atom stereocenters. The highest BCUT2D eigenvalue weighted by molar-refractivity contribution is 9.10. The van der Waals surface area contributed by atoms with Crippen LogP contribution in [-0.4, -0.2) is 37.4 Å². The van der Waals surface area contributed by atoms with Gasteiger partial charge in [0.05, 0.1) is 12.7 Å². The van der Waals surface area contributed by atoms with E-state index in [4.69, 9.17) is 8.85 Å². The molecule has 0 aromatic carbocycles. The van der Waals surface area contributed by atoms with Crippen molar-refractivity contribution >= 4 is 21.4 Å². The number of halogens is 1. The van der Waals surface area contributed by atoms with E-state index in [0.717, 1.165) is 0 Å². The van der Waals surface area contributed by atoms with Crippen molar-refractivity contribution in [3.8, 4) is 5.88 Å². The first-order chi connectivity index (χ1) is 9.77. The van der Waals surface area contributed by atoms with Gasteiger partial charge in [-0.3, -0.25) is 0 Å². The van der Waals surface area contributed by atoms with Gasteiger partial charge in [0.2, 0.25) is 5.88 Å². The van der Waals surface area contributed by atoms with E-state index in [1.165, 1.54) is 13.4 Å². The summed E-state index contributed by atoms with van der Waals surface area (Å²) in [4.78, 5) is 8.38. The number of hydrogen-bond acceptors (Lipinski definition) is 5. The molecule has 0 radical (unpaired) electrons. The summed E-state index contributed by atoms with van der Waals surface area (Å²) < 4.78 is 29.4. The lowest BCUT2D eigenvalue weighted by Crippen LogP contribution is -2.40. The van der Waals surface area contributed by atoms with Crippen LogP contribution in [0.25, 0.3) is 5.52 Å². The number of aromatic nitrogens is 4. The van der Waals surface area contributed by atoms with E-state index in [1.54, 1.807) is 4.52 Å². The van der Waals surface area contributed by atoms with Crippen LogP contribution >= 0.6 is 15.9 Å². The molecule has 1 saturated carbocycles. The van der Waals surface area contributed by atoms with Gasteiger partial charge in [0.1, 0.15) is 16.8 Å². The van der Waals surface area contributed by atoms with E-state index < -0.39 is 12.5 Å². The van der Waals surface area contributed by atoms with Crippen molar-refractivity contribution in [2.75, 3.05) is 7.11 Å². The number of imidazole rings is 1. The molecule has 6 nitrogen and oxygen atoms in total. The molecule has 0 atom stereocenters. The first kappa shape index (κ1) is 8.82. The summed E-state index contributed by atoms with van der Waals surface area (Å²) in [6.07, 6.45) is 1.60. The Morgan fingerprint density at radius 2 is 2.44 bits per heavy atom. The van der Waals surface area contributed by atoms with E-state index in [-0.39, 0.29) is 18.8 Å². The van der Waals surface area contributed by atoms with Crippen LogP contribution < -0.4 is 4.74 Å². The molecule has 1 aliphatic rings. The smallest absolute Gasteiger partial charge is 0.244 e. The average Bonchev–Trinajstić information content (AvgIpc) is 2.71. The molecule has 3 rings (SSSR count). The maximum Gasteiger partial charge on any atom is 0.244 e. The van der Waals surface area contributed by atoms with Gasteiger partial charge in [-0.25, -0.2) is 9.50 Å². The van der Waals surface area contributed by atoms with Gasteiger partial charge in [-0.15, -0.1) is 0 Å². The molecule has 1 N–H and O–H groups in total. The molecule has 0 amide bonds. The van der Waals surface area contributed by atoms with E-state index >= 15 is 0 Å². The topological polar surface area (TPSA) is 72.5 Å². The lowest BCUT2D eigenvalue weighted by atomic mass is 9.72. The van der Waals surface area contributed by atoms with Gasteiger partial charge in [-0.1, -0.05) is 0 Å². The minimum Gasteiger partial charge on any atom is -0.479 e. The fraction of sp³-hybridized carbons (Fsp3) is 0.545. The molecule has 96 valence electrons. The minimum absolute atomic E-state index is 0.126. The summed E-state index contributed by atoms with van der Waals surface area (Å²) >= 11 is 3.33. The van der Waals surface area contributed by atoms with Crippen molar-refractivity contribution in [1.82, 2.24) is 19.6 Å². The fourth-order valence-electron chi connectivity index (χ4n) is 2.24. The second-order valence-corrected chi connectivity index (χ2v) is 5.18. The number of aliphatic hydroxyl groups is 1. The van der Waals surface area contributed by atoms with Gasteiger partial charge in [-0.2, -0.15) is 10.1 Å². The number of fused-ring (bicyclic) bond motifs is 1. The lowest BCUT2D eigenvalue weighted by Gasteiger charge is -2.39. The van der Waals surface area contributed by atoms with E-state index in [2.05, 4.69) is 31.0 Å². The van der Waals surface area contributed by atoms with Crippen molar-refractivity contribution in [1.29, 1.82) is 0 Å². The number of rotatable bonds is 2.